The number of sulfonamides is 1. The fourth-order valence-corrected chi connectivity index (χ4v) is 4.43. The van der Waals surface area contributed by atoms with E-state index in [2.05, 4.69) is 9.71 Å². The standard InChI is InChI=1S/C17H15N3O6S2/c1-25-15-8-7-11(9-16(15)26-2)28(23,24)19-17-18-13(10-27-17)12-5-3-4-6-14(12)20(21)22/h3-10H,1-2H3,(H,18,19). The lowest BCUT2D eigenvalue weighted by Crippen LogP contribution is -2.13. The number of nitro benzene ring substituents is 1. The molecule has 0 saturated carbocycles. The van der Waals surface area contributed by atoms with Crippen molar-refractivity contribution in [1.82, 2.24) is 4.98 Å². The number of nitrogens with zero attached hydrogens (tertiary/aromatic N) is 2. The average Bonchev–Trinajstić information content (AvgIpc) is 3.14. The summed E-state index contributed by atoms with van der Waals surface area (Å²) in [5.74, 6) is 0.666. The van der Waals surface area contributed by atoms with Crippen molar-refractivity contribution < 1.29 is 22.8 Å². The largest absolute Gasteiger partial charge is 0.493 e. The highest BCUT2D eigenvalue weighted by Gasteiger charge is 2.21. The van der Waals surface area contributed by atoms with Gasteiger partial charge in [0.1, 0.15) is 0 Å². The minimum atomic E-state index is -3.94. The summed E-state index contributed by atoms with van der Waals surface area (Å²) in [5.41, 5.74) is 0.504. The molecule has 0 fully saturated rings. The van der Waals surface area contributed by atoms with Crippen LogP contribution in [0, 0.1) is 10.1 Å². The Balaban J connectivity index is 1.90. The van der Waals surface area contributed by atoms with Gasteiger partial charge in [0.25, 0.3) is 15.7 Å². The molecule has 9 nitrogen and oxygen atoms in total. The van der Waals surface area contributed by atoms with Crippen LogP contribution in [0.4, 0.5) is 10.8 Å². The van der Waals surface area contributed by atoms with Gasteiger partial charge in [-0.1, -0.05) is 12.1 Å². The summed E-state index contributed by atoms with van der Waals surface area (Å²) in [7, 11) is -1.08. The number of nitrogens with one attached hydrogen (secondary N) is 1. The van der Waals surface area contributed by atoms with E-state index in [1.807, 2.05) is 0 Å². The SMILES string of the molecule is COc1ccc(S(=O)(=O)Nc2nc(-c3ccccc3[N+](=O)[O-])cs2)cc1OC. The number of nitro groups is 1. The van der Waals surface area contributed by atoms with Crippen LogP contribution >= 0.6 is 11.3 Å². The third-order valence-electron chi connectivity index (χ3n) is 3.77. The van der Waals surface area contributed by atoms with E-state index in [0.717, 1.165) is 11.3 Å². The van der Waals surface area contributed by atoms with Gasteiger partial charge >= 0.3 is 0 Å². The van der Waals surface area contributed by atoms with E-state index < -0.39 is 14.9 Å². The molecule has 0 saturated heterocycles. The van der Waals surface area contributed by atoms with Gasteiger partial charge in [0, 0.05) is 17.5 Å². The Morgan fingerprint density at radius 2 is 1.82 bits per heavy atom. The molecule has 146 valence electrons. The molecule has 1 aromatic heterocycles. The van der Waals surface area contributed by atoms with E-state index in [4.69, 9.17) is 9.47 Å². The summed E-state index contributed by atoms with van der Waals surface area (Å²) in [6, 6.07) is 10.3. The van der Waals surface area contributed by atoms with E-state index in [1.54, 1.807) is 23.6 Å². The minimum absolute atomic E-state index is 0.0346. The van der Waals surface area contributed by atoms with Crippen molar-refractivity contribution in [3.63, 3.8) is 0 Å². The zero-order valence-corrected chi connectivity index (χ0v) is 16.4. The normalized spacial score (nSPS) is 11.1. The molecule has 0 aliphatic carbocycles. The molecule has 0 spiro atoms. The van der Waals surface area contributed by atoms with Gasteiger partial charge in [-0.05, 0) is 18.2 Å². The van der Waals surface area contributed by atoms with E-state index in [-0.39, 0.29) is 21.5 Å². The molecule has 3 rings (SSSR count). The number of thiazole rings is 1. The first-order chi connectivity index (χ1) is 13.4. The predicted octanol–water partition coefficient (Wildman–Crippen LogP) is 3.54. The molecule has 0 bridgehead atoms. The van der Waals surface area contributed by atoms with Gasteiger partial charge in [0.05, 0.1) is 35.3 Å². The van der Waals surface area contributed by atoms with Gasteiger partial charge in [-0.15, -0.1) is 11.3 Å². The Morgan fingerprint density at radius 3 is 2.50 bits per heavy atom. The number of para-hydroxylation sites is 1. The molecule has 0 radical (unpaired) electrons. The van der Waals surface area contributed by atoms with Gasteiger partial charge in [-0.3, -0.25) is 14.8 Å². The number of anilines is 1. The lowest BCUT2D eigenvalue weighted by atomic mass is 10.1. The van der Waals surface area contributed by atoms with Gasteiger partial charge < -0.3 is 9.47 Å². The second-order valence-corrected chi connectivity index (χ2v) is 7.97. The number of hydrogen-bond donors (Lipinski definition) is 1. The minimum Gasteiger partial charge on any atom is -0.493 e. The highest BCUT2D eigenvalue weighted by Crippen LogP contribution is 2.33. The molecule has 0 unspecified atom stereocenters. The van der Waals surface area contributed by atoms with Crippen molar-refractivity contribution in [2.45, 2.75) is 4.90 Å². The summed E-state index contributed by atoms with van der Waals surface area (Å²) in [6.07, 6.45) is 0. The molecule has 0 amide bonds. The summed E-state index contributed by atoms with van der Waals surface area (Å²) in [6.45, 7) is 0. The van der Waals surface area contributed by atoms with Crippen molar-refractivity contribution in [1.29, 1.82) is 0 Å². The quantitative estimate of drug-likeness (QED) is 0.457. The Bertz CT molecular complexity index is 1130. The highest BCUT2D eigenvalue weighted by atomic mass is 32.2. The van der Waals surface area contributed by atoms with Crippen LogP contribution in [0.15, 0.2) is 52.7 Å². The Kier molecular flexibility index (Phi) is 5.47. The monoisotopic (exact) mass is 421 g/mol. The fraction of sp³-hybridized carbons (Fsp3) is 0.118. The first kappa shape index (κ1) is 19.6. The van der Waals surface area contributed by atoms with Crippen LogP contribution in [0.2, 0.25) is 0 Å². The number of aromatic nitrogens is 1. The van der Waals surface area contributed by atoms with Crippen LogP contribution in [0.25, 0.3) is 11.3 Å². The molecule has 11 heteroatoms. The van der Waals surface area contributed by atoms with Crippen LogP contribution in [0.3, 0.4) is 0 Å². The first-order valence-corrected chi connectivity index (χ1v) is 10.2. The van der Waals surface area contributed by atoms with Gasteiger partial charge in [-0.2, -0.15) is 0 Å². The lowest BCUT2D eigenvalue weighted by Gasteiger charge is -2.10. The molecule has 1 heterocycles. The van der Waals surface area contributed by atoms with Crippen molar-refractivity contribution in [3.8, 4) is 22.8 Å². The summed E-state index contributed by atoms with van der Waals surface area (Å²) in [4.78, 5) is 14.8. The van der Waals surface area contributed by atoms with Gasteiger partial charge in [-0.25, -0.2) is 13.4 Å². The maximum atomic E-state index is 12.6. The predicted molar refractivity (Wildman–Crippen MR) is 105 cm³/mol. The molecule has 2 aromatic carbocycles. The highest BCUT2D eigenvalue weighted by molar-refractivity contribution is 7.93. The van der Waals surface area contributed by atoms with E-state index in [0.29, 0.717) is 17.0 Å². The van der Waals surface area contributed by atoms with Crippen molar-refractivity contribution in [3.05, 3.63) is 58.0 Å². The number of hydrogen-bond acceptors (Lipinski definition) is 8. The molecular weight excluding hydrogens is 406 g/mol. The number of methoxy groups -OCH3 is 2. The molecule has 28 heavy (non-hydrogen) atoms. The van der Waals surface area contributed by atoms with Crippen LogP contribution in [0.1, 0.15) is 0 Å². The third-order valence-corrected chi connectivity index (χ3v) is 5.99. The molecule has 3 aromatic rings. The smallest absolute Gasteiger partial charge is 0.278 e. The third kappa shape index (κ3) is 3.89. The zero-order chi connectivity index (χ0) is 20.3. The van der Waals surface area contributed by atoms with E-state index in [9.17, 15) is 18.5 Å². The molecular formula is C17H15N3O6S2. The van der Waals surface area contributed by atoms with E-state index >= 15 is 0 Å². The Hall–Kier alpha value is -3.18. The first-order valence-electron chi connectivity index (χ1n) is 7.80. The number of benzene rings is 2. The Labute approximate surface area is 164 Å². The maximum Gasteiger partial charge on any atom is 0.278 e. The fourth-order valence-electron chi connectivity index (χ4n) is 2.45. The second kappa shape index (κ2) is 7.82. The van der Waals surface area contributed by atoms with Gasteiger partial charge in [0.15, 0.2) is 16.6 Å². The average molecular weight is 421 g/mol. The van der Waals surface area contributed by atoms with Crippen molar-refractivity contribution >= 4 is 32.2 Å². The van der Waals surface area contributed by atoms with Crippen LogP contribution < -0.4 is 14.2 Å². The number of ether oxygens (including phenoxy) is 2. The molecule has 1 N–H and O–H groups in total. The van der Waals surface area contributed by atoms with Crippen molar-refractivity contribution in [2.24, 2.45) is 0 Å². The number of rotatable bonds is 7. The van der Waals surface area contributed by atoms with E-state index in [1.165, 1.54) is 38.5 Å². The summed E-state index contributed by atoms with van der Waals surface area (Å²) in [5, 5.41) is 12.8. The molecule has 0 atom stereocenters. The topological polar surface area (TPSA) is 121 Å². The Morgan fingerprint density at radius 1 is 1.11 bits per heavy atom. The lowest BCUT2D eigenvalue weighted by molar-refractivity contribution is -0.384. The van der Waals surface area contributed by atoms with Gasteiger partial charge in [0.2, 0.25) is 0 Å². The van der Waals surface area contributed by atoms with Crippen LogP contribution in [-0.4, -0.2) is 32.5 Å². The van der Waals surface area contributed by atoms with Crippen LogP contribution in [0.5, 0.6) is 11.5 Å². The van der Waals surface area contributed by atoms with Crippen molar-refractivity contribution in [2.75, 3.05) is 18.9 Å². The second-order valence-electron chi connectivity index (χ2n) is 5.43. The zero-order valence-electron chi connectivity index (χ0n) is 14.8. The molecule has 0 aliphatic rings. The van der Waals surface area contributed by atoms with Crippen LogP contribution in [-0.2, 0) is 10.0 Å². The maximum absolute atomic E-state index is 12.6. The summed E-state index contributed by atoms with van der Waals surface area (Å²) >= 11 is 1.02. The molecule has 0 aliphatic heterocycles. The summed E-state index contributed by atoms with van der Waals surface area (Å²) < 4.78 is 37.9.